The Kier molecular flexibility index (Phi) is 7.72. The van der Waals surface area contributed by atoms with Crippen molar-refractivity contribution in [3.05, 3.63) is 18.2 Å². The number of benzene rings is 1. The second-order valence-electron chi connectivity index (χ2n) is 6.35. The van der Waals surface area contributed by atoms with Crippen molar-refractivity contribution in [3.8, 4) is 11.5 Å². The fourth-order valence-electron chi connectivity index (χ4n) is 3.03. The Labute approximate surface area is 155 Å². The minimum Gasteiger partial charge on any atom is -0.490 e. The van der Waals surface area contributed by atoms with E-state index in [1.807, 2.05) is 13.8 Å². The van der Waals surface area contributed by atoms with Gasteiger partial charge in [0.2, 0.25) is 5.91 Å². The van der Waals surface area contributed by atoms with Gasteiger partial charge in [-0.3, -0.25) is 15.0 Å². The smallest absolute Gasteiger partial charge is 0.325 e. The first-order valence-electron chi connectivity index (χ1n) is 9.28. The van der Waals surface area contributed by atoms with Crippen molar-refractivity contribution in [1.29, 1.82) is 0 Å². The molecule has 0 aliphatic carbocycles. The SMILES string of the molecule is CCOc1ccc(NC(=O)NC(=O)CN2CCCC[C@@H]2C)cc1OCC. The van der Waals surface area contributed by atoms with Gasteiger partial charge in [0, 0.05) is 17.8 Å². The number of nitrogens with one attached hydrogen (secondary N) is 2. The van der Waals surface area contributed by atoms with Crippen LogP contribution in [0.2, 0.25) is 0 Å². The van der Waals surface area contributed by atoms with Crippen LogP contribution in [-0.4, -0.2) is 49.2 Å². The maximum atomic E-state index is 12.1. The summed E-state index contributed by atoms with van der Waals surface area (Å²) in [5.74, 6) is 0.878. The zero-order valence-electron chi connectivity index (χ0n) is 15.8. The van der Waals surface area contributed by atoms with Crippen molar-refractivity contribution in [1.82, 2.24) is 10.2 Å². The van der Waals surface area contributed by atoms with E-state index in [4.69, 9.17) is 9.47 Å². The third-order valence-corrected chi connectivity index (χ3v) is 4.34. The molecule has 0 unspecified atom stereocenters. The number of urea groups is 1. The van der Waals surface area contributed by atoms with E-state index < -0.39 is 6.03 Å². The minimum atomic E-state index is -0.550. The standard InChI is InChI=1S/C19H29N3O4/c1-4-25-16-10-9-15(12-17(16)26-5-2)20-19(24)21-18(23)13-22-11-7-6-8-14(22)3/h9-10,12,14H,4-8,11,13H2,1-3H3,(H2,20,21,23,24)/t14-/m0/s1. The highest BCUT2D eigenvalue weighted by Gasteiger charge is 2.21. The first-order valence-corrected chi connectivity index (χ1v) is 9.28. The molecule has 26 heavy (non-hydrogen) atoms. The van der Waals surface area contributed by atoms with Crippen LogP contribution < -0.4 is 20.1 Å². The number of amides is 3. The monoisotopic (exact) mass is 363 g/mol. The molecule has 1 atom stereocenters. The average molecular weight is 363 g/mol. The van der Waals surface area contributed by atoms with Gasteiger partial charge in [0.05, 0.1) is 19.8 Å². The van der Waals surface area contributed by atoms with E-state index in [0.717, 1.165) is 19.4 Å². The van der Waals surface area contributed by atoms with Crippen LogP contribution in [0.4, 0.5) is 10.5 Å². The number of hydrogen-bond acceptors (Lipinski definition) is 5. The van der Waals surface area contributed by atoms with Crippen molar-refractivity contribution in [3.63, 3.8) is 0 Å². The number of piperidine rings is 1. The molecule has 1 fully saturated rings. The predicted octanol–water partition coefficient (Wildman–Crippen LogP) is 3.01. The van der Waals surface area contributed by atoms with Gasteiger partial charge >= 0.3 is 6.03 Å². The summed E-state index contributed by atoms with van der Waals surface area (Å²) in [7, 11) is 0. The van der Waals surface area contributed by atoms with Crippen LogP contribution in [-0.2, 0) is 4.79 Å². The van der Waals surface area contributed by atoms with Crippen LogP contribution in [0.1, 0.15) is 40.0 Å². The molecule has 1 heterocycles. The molecule has 0 spiro atoms. The van der Waals surface area contributed by atoms with Crippen LogP contribution in [0.15, 0.2) is 18.2 Å². The Morgan fingerprint density at radius 2 is 1.88 bits per heavy atom. The molecule has 2 rings (SSSR count). The van der Waals surface area contributed by atoms with Crippen LogP contribution in [0.3, 0.4) is 0 Å². The second kappa shape index (κ2) is 10.0. The van der Waals surface area contributed by atoms with Gasteiger partial charge in [0.1, 0.15) is 0 Å². The Morgan fingerprint density at radius 3 is 2.58 bits per heavy atom. The molecule has 1 saturated heterocycles. The molecular weight excluding hydrogens is 334 g/mol. The van der Waals surface area contributed by atoms with Crippen LogP contribution >= 0.6 is 0 Å². The maximum absolute atomic E-state index is 12.1. The number of likely N-dealkylation sites (tertiary alicyclic amines) is 1. The average Bonchev–Trinajstić information content (AvgIpc) is 2.59. The number of nitrogens with zero attached hydrogens (tertiary/aromatic N) is 1. The molecule has 3 amide bonds. The number of hydrogen-bond donors (Lipinski definition) is 2. The third kappa shape index (κ3) is 5.91. The summed E-state index contributed by atoms with van der Waals surface area (Å²) in [5.41, 5.74) is 0.536. The van der Waals surface area contributed by atoms with Gasteiger partial charge in [-0.25, -0.2) is 4.79 Å². The van der Waals surface area contributed by atoms with E-state index in [0.29, 0.717) is 36.4 Å². The Morgan fingerprint density at radius 1 is 1.15 bits per heavy atom. The molecule has 0 aromatic heterocycles. The first kappa shape index (κ1) is 20.0. The van der Waals surface area contributed by atoms with Crippen molar-refractivity contribution >= 4 is 17.6 Å². The lowest BCUT2D eigenvalue weighted by Crippen LogP contribution is -2.46. The quantitative estimate of drug-likeness (QED) is 0.778. The lowest BCUT2D eigenvalue weighted by Gasteiger charge is -2.32. The molecule has 0 saturated carbocycles. The van der Waals surface area contributed by atoms with Crippen molar-refractivity contribution < 1.29 is 19.1 Å². The zero-order valence-corrected chi connectivity index (χ0v) is 15.8. The van der Waals surface area contributed by atoms with E-state index in [-0.39, 0.29) is 12.5 Å². The Hall–Kier alpha value is -2.28. The molecule has 1 aliphatic rings. The number of ether oxygens (including phenoxy) is 2. The molecule has 144 valence electrons. The third-order valence-electron chi connectivity index (χ3n) is 4.34. The summed E-state index contributed by atoms with van der Waals surface area (Å²) in [6.45, 7) is 8.03. The maximum Gasteiger partial charge on any atom is 0.325 e. The van der Waals surface area contributed by atoms with Gasteiger partial charge in [-0.2, -0.15) is 0 Å². The molecule has 7 heteroatoms. The fraction of sp³-hybridized carbons (Fsp3) is 0.579. The summed E-state index contributed by atoms with van der Waals surface area (Å²) in [5, 5.41) is 5.05. The van der Waals surface area contributed by atoms with Crippen LogP contribution in [0, 0.1) is 0 Å². The number of anilines is 1. The zero-order chi connectivity index (χ0) is 18.9. The number of rotatable bonds is 7. The molecule has 2 N–H and O–H groups in total. The van der Waals surface area contributed by atoms with Gasteiger partial charge in [0.25, 0.3) is 0 Å². The molecular formula is C19H29N3O4. The van der Waals surface area contributed by atoms with Gasteiger partial charge in [-0.05, 0) is 52.3 Å². The topological polar surface area (TPSA) is 79.9 Å². The van der Waals surface area contributed by atoms with Gasteiger partial charge in [-0.1, -0.05) is 6.42 Å². The number of carbonyl (C=O) groups excluding carboxylic acids is 2. The van der Waals surface area contributed by atoms with E-state index in [2.05, 4.69) is 22.5 Å². The fourth-order valence-corrected chi connectivity index (χ4v) is 3.03. The highest BCUT2D eigenvalue weighted by molar-refractivity contribution is 6.01. The van der Waals surface area contributed by atoms with Crippen molar-refractivity contribution in [2.45, 2.75) is 46.1 Å². The number of carbonyl (C=O) groups is 2. The summed E-state index contributed by atoms with van der Waals surface area (Å²) >= 11 is 0. The molecule has 1 aromatic rings. The Bertz CT molecular complexity index is 621. The van der Waals surface area contributed by atoms with E-state index >= 15 is 0 Å². The lowest BCUT2D eigenvalue weighted by atomic mass is 10.0. The lowest BCUT2D eigenvalue weighted by molar-refractivity contribution is -0.121. The molecule has 7 nitrogen and oxygen atoms in total. The van der Waals surface area contributed by atoms with Crippen molar-refractivity contribution in [2.75, 3.05) is 31.6 Å². The number of imide groups is 1. The van der Waals surface area contributed by atoms with E-state index in [1.54, 1.807) is 18.2 Å². The summed E-state index contributed by atoms with van der Waals surface area (Å²) in [6, 6.07) is 4.96. The molecule has 0 bridgehead atoms. The molecule has 0 radical (unpaired) electrons. The summed E-state index contributed by atoms with van der Waals surface area (Å²) in [6.07, 6.45) is 3.38. The Balaban J connectivity index is 1.90. The molecule has 1 aliphatic heterocycles. The first-order chi connectivity index (χ1) is 12.5. The summed E-state index contributed by atoms with van der Waals surface area (Å²) in [4.78, 5) is 26.3. The van der Waals surface area contributed by atoms with Gasteiger partial charge in [0.15, 0.2) is 11.5 Å². The second-order valence-corrected chi connectivity index (χ2v) is 6.35. The van der Waals surface area contributed by atoms with Crippen LogP contribution in [0.5, 0.6) is 11.5 Å². The van der Waals surface area contributed by atoms with E-state index in [9.17, 15) is 9.59 Å². The van der Waals surface area contributed by atoms with Crippen LogP contribution in [0.25, 0.3) is 0 Å². The minimum absolute atomic E-state index is 0.238. The largest absolute Gasteiger partial charge is 0.490 e. The van der Waals surface area contributed by atoms with E-state index in [1.165, 1.54) is 6.42 Å². The highest BCUT2D eigenvalue weighted by atomic mass is 16.5. The van der Waals surface area contributed by atoms with Crippen molar-refractivity contribution in [2.24, 2.45) is 0 Å². The van der Waals surface area contributed by atoms with Gasteiger partial charge in [-0.15, -0.1) is 0 Å². The molecule has 1 aromatic carbocycles. The normalized spacial score (nSPS) is 17.4. The highest BCUT2D eigenvalue weighted by Crippen LogP contribution is 2.30. The summed E-state index contributed by atoms with van der Waals surface area (Å²) < 4.78 is 11.0. The predicted molar refractivity (Wildman–Crippen MR) is 101 cm³/mol. The van der Waals surface area contributed by atoms with Gasteiger partial charge < -0.3 is 14.8 Å².